The molecule has 5 atom stereocenters. The molecular weight excluding hydrogens is 673 g/mol. The minimum Gasteiger partial charge on any atom is -0.347 e. The number of sulfonamides is 1. The van der Waals surface area contributed by atoms with Crippen molar-refractivity contribution in [3.63, 3.8) is 0 Å². The SMILES string of the molecule is CCN(C1CC1)S(=O)(=O)CC1(NC(=O)N[C@H](C(=O)N2C[C@H]3[C@@H]([C@H]2C(=O)N[C@@H](CC2CC2)C(=O)C(=O)NC2CC2)C3(C)C)C(C)(C)C)CCCCC1. The maximum atomic E-state index is 14.5. The van der Waals surface area contributed by atoms with Crippen LogP contribution in [0.4, 0.5) is 4.79 Å². The first-order valence-electron chi connectivity index (χ1n) is 19.4. The van der Waals surface area contributed by atoms with Crippen LogP contribution in [-0.2, 0) is 29.2 Å². The van der Waals surface area contributed by atoms with Gasteiger partial charge in [0.2, 0.25) is 27.6 Å². The van der Waals surface area contributed by atoms with Gasteiger partial charge in [-0.3, -0.25) is 19.2 Å². The van der Waals surface area contributed by atoms with Crippen molar-refractivity contribution in [2.45, 2.75) is 154 Å². The third-order valence-corrected chi connectivity index (χ3v) is 14.6. The van der Waals surface area contributed by atoms with Gasteiger partial charge < -0.3 is 26.2 Å². The smallest absolute Gasteiger partial charge is 0.315 e. The maximum Gasteiger partial charge on any atom is 0.315 e. The van der Waals surface area contributed by atoms with Crippen LogP contribution >= 0.6 is 0 Å². The Morgan fingerprint density at radius 2 is 1.57 bits per heavy atom. The lowest BCUT2D eigenvalue weighted by Crippen LogP contribution is -2.64. The molecule has 5 amide bonds. The Morgan fingerprint density at radius 1 is 0.922 bits per heavy atom. The third kappa shape index (κ3) is 8.41. The fourth-order valence-electron chi connectivity index (χ4n) is 8.86. The molecule has 0 unspecified atom stereocenters. The molecule has 51 heavy (non-hydrogen) atoms. The van der Waals surface area contributed by atoms with E-state index in [9.17, 15) is 32.4 Å². The van der Waals surface area contributed by atoms with Gasteiger partial charge in [0.05, 0.1) is 17.3 Å². The summed E-state index contributed by atoms with van der Waals surface area (Å²) in [5.74, 6) is -2.12. The highest BCUT2D eigenvalue weighted by Crippen LogP contribution is 2.65. The van der Waals surface area contributed by atoms with E-state index in [-0.39, 0.29) is 41.0 Å². The van der Waals surface area contributed by atoms with E-state index in [4.69, 9.17) is 0 Å². The molecule has 0 radical (unpaired) electrons. The lowest BCUT2D eigenvalue weighted by molar-refractivity contribution is -0.145. The van der Waals surface area contributed by atoms with E-state index in [1.165, 1.54) is 0 Å². The molecule has 13 nitrogen and oxygen atoms in total. The minimum absolute atomic E-state index is 0.0138. The lowest BCUT2D eigenvalue weighted by atomic mass is 9.83. The average Bonchev–Trinajstić information content (AvgIpc) is 3.84. The number of ketones is 1. The quantitative estimate of drug-likeness (QED) is 0.187. The van der Waals surface area contributed by atoms with Gasteiger partial charge in [0, 0.05) is 25.2 Å². The van der Waals surface area contributed by atoms with Crippen molar-refractivity contribution < 1.29 is 32.4 Å². The van der Waals surface area contributed by atoms with Gasteiger partial charge in [0.1, 0.15) is 12.1 Å². The van der Waals surface area contributed by atoms with E-state index in [1.807, 2.05) is 27.7 Å². The van der Waals surface area contributed by atoms with Crippen LogP contribution < -0.4 is 21.3 Å². The van der Waals surface area contributed by atoms with Crippen LogP contribution in [0.2, 0.25) is 0 Å². The molecule has 0 spiro atoms. The van der Waals surface area contributed by atoms with Gasteiger partial charge in [-0.1, -0.05) is 73.6 Å². The van der Waals surface area contributed by atoms with Crippen LogP contribution in [0, 0.1) is 28.6 Å². The Kier molecular flexibility index (Phi) is 10.4. The fraction of sp³-hybridized carbons (Fsp3) is 0.865. The standard InChI is InChI=1S/C37H60N6O7S/c1-7-43(24-15-16-24)51(49,50)21-37(17-9-8-10-18-37)41-34(48)40-30(35(2,3)4)33(47)42-20-25-27(36(25,5)6)28(42)31(45)39-26(19-22-11-12-22)29(44)32(46)38-23-13-14-23/h22-28,30H,7-21H2,1-6H3,(H,38,46)(H,39,45)(H2,40,41,48)/t25-,26-,27-,28-,30+/m0/s1. The predicted molar refractivity (Wildman–Crippen MR) is 192 cm³/mol. The van der Waals surface area contributed by atoms with Gasteiger partial charge in [0.25, 0.3) is 5.91 Å². The number of carbonyl (C=O) groups is 5. The molecule has 0 bridgehead atoms. The number of carbonyl (C=O) groups excluding carboxylic acids is 5. The molecule has 6 rings (SSSR count). The van der Waals surface area contributed by atoms with Gasteiger partial charge in [-0.15, -0.1) is 0 Å². The monoisotopic (exact) mass is 732 g/mol. The Morgan fingerprint density at radius 3 is 2.12 bits per heavy atom. The predicted octanol–water partition coefficient (Wildman–Crippen LogP) is 2.83. The molecule has 4 N–H and O–H groups in total. The van der Waals surface area contributed by atoms with Crippen molar-refractivity contribution in [1.82, 2.24) is 30.5 Å². The summed E-state index contributed by atoms with van der Waals surface area (Å²) in [4.78, 5) is 70.2. The van der Waals surface area contributed by atoms with Crippen LogP contribution in [-0.4, -0.2) is 102 Å². The molecule has 0 aromatic carbocycles. The fourth-order valence-corrected chi connectivity index (χ4v) is 11.1. The largest absolute Gasteiger partial charge is 0.347 e. The summed E-state index contributed by atoms with van der Waals surface area (Å²) < 4.78 is 28.8. The summed E-state index contributed by atoms with van der Waals surface area (Å²) in [6.45, 7) is 12.3. The molecule has 1 heterocycles. The van der Waals surface area contributed by atoms with Gasteiger partial charge in [0.15, 0.2) is 0 Å². The van der Waals surface area contributed by atoms with Crippen LogP contribution in [0.15, 0.2) is 0 Å². The molecule has 5 saturated carbocycles. The highest BCUT2D eigenvalue weighted by molar-refractivity contribution is 7.89. The number of amides is 5. The number of piperidine rings is 1. The minimum atomic E-state index is -3.63. The Labute approximate surface area is 303 Å². The van der Waals surface area contributed by atoms with Crippen molar-refractivity contribution in [3.8, 4) is 0 Å². The topological polar surface area (TPSA) is 174 Å². The number of likely N-dealkylation sites (tertiary alicyclic amines) is 1. The average molecular weight is 733 g/mol. The van der Waals surface area contributed by atoms with Gasteiger partial charge in [-0.2, -0.15) is 4.31 Å². The number of urea groups is 1. The molecule has 0 aromatic heterocycles. The highest BCUT2D eigenvalue weighted by atomic mass is 32.2. The lowest BCUT2D eigenvalue weighted by Gasteiger charge is -2.41. The molecule has 5 aliphatic carbocycles. The van der Waals surface area contributed by atoms with Crippen LogP contribution in [0.3, 0.4) is 0 Å². The molecule has 1 saturated heterocycles. The van der Waals surface area contributed by atoms with Crippen molar-refractivity contribution in [1.29, 1.82) is 0 Å². The first kappa shape index (κ1) is 38.0. The molecule has 14 heteroatoms. The van der Waals surface area contributed by atoms with E-state index in [1.54, 1.807) is 9.21 Å². The van der Waals surface area contributed by atoms with E-state index < -0.39 is 68.6 Å². The second-order valence-corrected chi connectivity index (χ2v) is 20.1. The first-order valence-corrected chi connectivity index (χ1v) is 21.0. The van der Waals surface area contributed by atoms with Crippen LogP contribution in [0.5, 0.6) is 0 Å². The van der Waals surface area contributed by atoms with Crippen LogP contribution in [0.25, 0.3) is 0 Å². The summed E-state index contributed by atoms with van der Waals surface area (Å²) in [7, 11) is -3.63. The second kappa shape index (κ2) is 13.9. The summed E-state index contributed by atoms with van der Waals surface area (Å²) in [5, 5.41) is 11.6. The second-order valence-electron chi connectivity index (χ2n) is 18.2. The number of fused-ring (bicyclic) bond motifs is 1. The van der Waals surface area contributed by atoms with E-state index in [0.717, 1.165) is 57.8 Å². The summed E-state index contributed by atoms with van der Waals surface area (Å²) in [5.41, 5.74) is -1.89. The number of hydrogen-bond donors (Lipinski definition) is 4. The number of rotatable bonds is 15. The molecule has 0 aromatic rings. The van der Waals surface area contributed by atoms with E-state index in [0.29, 0.717) is 32.4 Å². The Hall–Kier alpha value is -2.74. The third-order valence-electron chi connectivity index (χ3n) is 12.5. The number of nitrogens with zero attached hydrogens (tertiary/aromatic N) is 2. The molecular formula is C37H60N6O7S. The number of Topliss-reactive ketones (excluding diaryl/α,β-unsaturated/α-hetero) is 1. The zero-order valence-electron chi connectivity index (χ0n) is 31.4. The normalized spacial score (nSPS) is 27.9. The maximum absolute atomic E-state index is 14.5. The summed E-state index contributed by atoms with van der Waals surface area (Å²) >= 11 is 0. The molecule has 6 aliphatic rings. The molecule has 286 valence electrons. The van der Waals surface area contributed by atoms with Gasteiger partial charge in [-0.05, 0) is 73.5 Å². The Balaban J connectivity index is 1.18. The number of hydrogen-bond acceptors (Lipinski definition) is 7. The zero-order valence-corrected chi connectivity index (χ0v) is 32.2. The zero-order chi connectivity index (χ0) is 37.1. The number of nitrogens with one attached hydrogen (secondary N) is 4. The molecule has 6 fully saturated rings. The summed E-state index contributed by atoms with van der Waals surface area (Å²) in [6, 6.07) is -3.39. The van der Waals surface area contributed by atoms with E-state index >= 15 is 0 Å². The van der Waals surface area contributed by atoms with Gasteiger partial charge in [-0.25, -0.2) is 13.2 Å². The van der Waals surface area contributed by atoms with Crippen molar-refractivity contribution >= 4 is 39.6 Å². The first-order chi connectivity index (χ1) is 23.9. The molecule has 1 aliphatic heterocycles. The Bertz CT molecular complexity index is 1510. The van der Waals surface area contributed by atoms with Crippen LogP contribution in [0.1, 0.15) is 119 Å². The van der Waals surface area contributed by atoms with Crippen molar-refractivity contribution in [3.05, 3.63) is 0 Å². The highest BCUT2D eigenvalue weighted by Gasteiger charge is 2.70. The van der Waals surface area contributed by atoms with E-state index in [2.05, 4.69) is 35.1 Å². The van der Waals surface area contributed by atoms with Crippen molar-refractivity contribution in [2.24, 2.45) is 28.6 Å². The summed E-state index contributed by atoms with van der Waals surface area (Å²) in [6.07, 6.45) is 9.28. The van der Waals surface area contributed by atoms with Crippen molar-refractivity contribution in [2.75, 3.05) is 18.8 Å². The van der Waals surface area contributed by atoms with Gasteiger partial charge >= 0.3 is 6.03 Å².